The molecule has 1 aromatic heterocycles. The molecule has 0 amide bonds. The van der Waals surface area contributed by atoms with E-state index >= 15 is 0 Å². The fourth-order valence-corrected chi connectivity index (χ4v) is 2.81. The number of nitrogens with one attached hydrogen (secondary N) is 1. The summed E-state index contributed by atoms with van der Waals surface area (Å²) < 4.78 is 29.3. The van der Waals surface area contributed by atoms with Crippen LogP contribution in [0.25, 0.3) is 0 Å². The van der Waals surface area contributed by atoms with Gasteiger partial charge in [0.2, 0.25) is 10.0 Å². The second kappa shape index (κ2) is 5.40. The zero-order valence-electron chi connectivity index (χ0n) is 10.5. The van der Waals surface area contributed by atoms with E-state index in [-0.39, 0.29) is 11.4 Å². The van der Waals surface area contributed by atoms with Crippen LogP contribution in [0.3, 0.4) is 0 Å². The van der Waals surface area contributed by atoms with Crippen molar-refractivity contribution >= 4 is 26.0 Å². The number of aromatic nitrogens is 3. The van der Waals surface area contributed by atoms with Gasteiger partial charge in [-0.25, -0.2) is 13.1 Å². The van der Waals surface area contributed by atoms with E-state index in [0.717, 1.165) is 10.0 Å². The topological polar surface area (TPSA) is 76.9 Å². The summed E-state index contributed by atoms with van der Waals surface area (Å²) in [7, 11) is -1.79. The van der Waals surface area contributed by atoms with Crippen LogP contribution in [0.5, 0.6) is 0 Å². The molecule has 0 fully saturated rings. The number of hydrogen-bond acceptors (Lipinski definition) is 4. The van der Waals surface area contributed by atoms with E-state index < -0.39 is 10.0 Å². The largest absolute Gasteiger partial charge is 0.320 e. The Hall–Kier alpha value is -1.25. The number of benzene rings is 1. The van der Waals surface area contributed by atoms with Gasteiger partial charge in [0.25, 0.3) is 0 Å². The van der Waals surface area contributed by atoms with Gasteiger partial charge in [-0.1, -0.05) is 15.9 Å². The minimum absolute atomic E-state index is 0.105. The molecule has 0 radical (unpaired) electrons. The predicted molar refractivity (Wildman–Crippen MR) is 73.9 cm³/mol. The second-order valence-electron chi connectivity index (χ2n) is 4.09. The van der Waals surface area contributed by atoms with Crippen molar-refractivity contribution in [2.24, 2.45) is 7.05 Å². The fraction of sp³-hybridized carbons (Fsp3) is 0.273. The van der Waals surface area contributed by atoms with Crippen molar-refractivity contribution < 1.29 is 8.42 Å². The molecule has 2 rings (SSSR count). The van der Waals surface area contributed by atoms with E-state index in [1.54, 1.807) is 29.8 Å². The number of sulfonamides is 1. The molecule has 0 saturated heterocycles. The molecule has 6 nitrogen and oxygen atoms in total. The summed E-state index contributed by atoms with van der Waals surface area (Å²) in [4.78, 5) is 0.232. The van der Waals surface area contributed by atoms with E-state index in [4.69, 9.17) is 0 Å². The number of rotatable bonds is 4. The average Bonchev–Trinajstić information content (AvgIpc) is 2.76. The van der Waals surface area contributed by atoms with Crippen LogP contribution in [-0.4, -0.2) is 23.2 Å². The zero-order chi connectivity index (χ0) is 14.0. The van der Waals surface area contributed by atoms with Crippen molar-refractivity contribution in [3.8, 4) is 0 Å². The van der Waals surface area contributed by atoms with Gasteiger partial charge in [0, 0.05) is 11.5 Å². The van der Waals surface area contributed by atoms with E-state index in [2.05, 4.69) is 30.8 Å². The molecule has 0 aliphatic heterocycles. The molecule has 102 valence electrons. The van der Waals surface area contributed by atoms with E-state index in [0.29, 0.717) is 5.82 Å². The normalized spacial score (nSPS) is 11.7. The summed E-state index contributed by atoms with van der Waals surface area (Å²) in [5.74, 6) is 0.553. The maximum Gasteiger partial charge on any atom is 0.240 e. The van der Waals surface area contributed by atoms with Crippen molar-refractivity contribution in [2.75, 3.05) is 0 Å². The molecule has 0 spiro atoms. The van der Waals surface area contributed by atoms with Crippen LogP contribution >= 0.6 is 15.9 Å². The SMILES string of the molecule is Cc1cc(S(=O)(=O)NCc2nncn2C)ccc1Br. The fourth-order valence-electron chi connectivity index (χ4n) is 1.49. The van der Waals surface area contributed by atoms with Crippen molar-refractivity contribution in [2.45, 2.75) is 18.4 Å². The third-order valence-corrected chi connectivity index (χ3v) is 4.95. The molecule has 0 bridgehead atoms. The Bertz CT molecular complexity index is 696. The summed E-state index contributed by atoms with van der Waals surface area (Å²) in [6, 6.07) is 4.88. The van der Waals surface area contributed by atoms with Gasteiger partial charge >= 0.3 is 0 Å². The maximum atomic E-state index is 12.1. The summed E-state index contributed by atoms with van der Waals surface area (Å²) in [6.07, 6.45) is 1.52. The lowest BCUT2D eigenvalue weighted by Crippen LogP contribution is -2.24. The third kappa shape index (κ3) is 3.20. The van der Waals surface area contributed by atoms with Crippen molar-refractivity contribution in [1.29, 1.82) is 0 Å². The molecule has 0 unspecified atom stereocenters. The van der Waals surface area contributed by atoms with Crippen molar-refractivity contribution in [3.05, 3.63) is 40.4 Å². The molecule has 8 heteroatoms. The highest BCUT2D eigenvalue weighted by atomic mass is 79.9. The Morgan fingerprint density at radius 2 is 2.16 bits per heavy atom. The number of nitrogens with zero attached hydrogens (tertiary/aromatic N) is 3. The molecule has 2 aromatic rings. The second-order valence-corrected chi connectivity index (χ2v) is 6.71. The standard InChI is InChI=1S/C11H13BrN4O2S/c1-8-5-9(3-4-10(8)12)19(17,18)14-6-11-15-13-7-16(11)2/h3-5,7,14H,6H2,1-2H3. The molecule has 19 heavy (non-hydrogen) atoms. The van der Waals surface area contributed by atoms with Crippen LogP contribution in [0.2, 0.25) is 0 Å². The molecule has 0 aliphatic carbocycles. The van der Waals surface area contributed by atoms with Gasteiger partial charge in [0.15, 0.2) is 0 Å². The molecule has 1 aromatic carbocycles. The van der Waals surface area contributed by atoms with Crippen molar-refractivity contribution in [1.82, 2.24) is 19.5 Å². The van der Waals surface area contributed by atoms with Gasteiger partial charge < -0.3 is 4.57 Å². The maximum absolute atomic E-state index is 12.1. The monoisotopic (exact) mass is 344 g/mol. The highest BCUT2D eigenvalue weighted by Gasteiger charge is 2.15. The molecular weight excluding hydrogens is 332 g/mol. The van der Waals surface area contributed by atoms with Gasteiger partial charge in [-0.15, -0.1) is 10.2 Å². The highest BCUT2D eigenvalue weighted by Crippen LogP contribution is 2.19. The van der Waals surface area contributed by atoms with E-state index in [1.807, 2.05) is 6.92 Å². The van der Waals surface area contributed by atoms with Crippen LogP contribution in [0.15, 0.2) is 33.9 Å². The molecule has 0 saturated carbocycles. The summed E-state index contributed by atoms with van der Waals surface area (Å²) in [6.45, 7) is 1.94. The van der Waals surface area contributed by atoms with Crippen LogP contribution < -0.4 is 4.72 Å². The Labute approximate surface area is 120 Å². The van der Waals surface area contributed by atoms with Gasteiger partial charge in [0.05, 0.1) is 11.4 Å². The quantitative estimate of drug-likeness (QED) is 0.908. The first-order valence-electron chi connectivity index (χ1n) is 5.49. The predicted octanol–water partition coefficient (Wildman–Crippen LogP) is 1.36. The Kier molecular flexibility index (Phi) is 4.02. The third-order valence-electron chi connectivity index (χ3n) is 2.67. The molecule has 1 heterocycles. The van der Waals surface area contributed by atoms with Gasteiger partial charge in [-0.05, 0) is 30.7 Å². The minimum Gasteiger partial charge on any atom is -0.320 e. The highest BCUT2D eigenvalue weighted by molar-refractivity contribution is 9.10. The lowest BCUT2D eigenvalue weighted by Gasteiger charge is -2.07. The van der Waals surface area contributed by atoms with Crippen molar-refractivity contribution in [3.63, 3.8) is 0 Å². The van der Waals surface area contributed by atoms with Gasteiger partial charge in [-0.2, -0.15) is 0 Å². The smallest absolute Gasteiger partial charge is 0.240 e. The van der Waals surface area contributed by atoms with Crippen LogP contribution in [0, 0.1) is 6.92 Å². The Balaban J connectivity index is 2.18. The summed E-state index contributed by atoms with van der Waals surface area (Å²) in [5, 5.41) is 7.52. The lowest BCUT2D eigenvalue weighted by molar-refractivity contribution is 0.577. The zero-order valence-corrected chi connectivity index (χ0v) is 12.9. The Morgan fingerprint density at radius 3 is 2.74 bits per heavy atom. The number of halogens is 1. The number of hydrogen-bond donors (Lipinski definition) is 1. The molecule has 1 N–H and O–H groups in total. The van der Waals surface area contributed by atoms with Gasteiger partial charge in [0.1, 0.15) is 12.2 Å². The van der Waals surface area contributed by atoms with E-state index in [9.17, 15) is 8.42 Å². The first kappa shape index (κ1) is 14.2. The van der Waals surface area contributed by atoms with Crippen LogP contribution in [-0.2, 0) is 23.6 Å². The molecule has 0 aliphatic rings. The molecule has 0 atom stereocenters. The molecular formula is C11H13BrN4O2S. The summed E-state index contributed by atoms with van der Waals surface area (Å²) >= 11 is 3.34. The summed E-state index contributed by atoms with van der Waals surface area (Å²) in [5.41, 5.74) is 0.863. The van der Waals surface area contributed by atoms with E-state index in [1.165, 1.54) is 6.33 Å². The van der Waals surface area contributed by atoms with Crippen LogP contribution in [0.4, 0.5) is 0 Å². The minimum atomic E-state index is -3.54. The Morgan fingerprint density at radius 1 is 1.42 bits per heavy atom. The lowest BCUT2D eigenvalue weighted by atomic mass is 10.2. The number of aryl methyl sites for hydroxylation is 2. The first-order chi connectivity index (χ1) is 8.90. The average molecular weight is 345 g/mol. The van der Waals surface area contributed by atoms with Gasteiger partial charge in [-0.3, -0.25) is 0 Å². The van der Waals surface area contributed by atoms with Crippen LogP contribution in [0.1, 0.15) is 11.4 Å². The first-order valence-corrected chi connectivity index (χ1v) is 7.76.